The minimum atomic E-state index is -0.123. The molecular formula is C33H28N6. The maximum atomic E-state index is 5.30. The second-order valence-electron chi connectivity index (χ2n) is 9.81. The molecule has 3 heterocycles. The summed E-state index contributed by atoms with van der Waals surface area (Å²) in [5.74, 6) is 2.31. The summed E-state index contributed by atoms with van der Waals surface area (Å²) in [5.41, 5.74) is 8.39. The summed E-state index contributed by atoms with van der Waals surface area (Å²) in [4.78, 5) is 12.7. The van der Waals surface area contributed by atoms with E-state index < -0.39 is 0 Å². The molecule has 0 spiro atoms. The zero-order valence-corrected chi connectivity index (χ0v) is 21.9. The molecule has 0 amide bonds. The molecule has 190 valence electrons. The predicted molar refractivity (Wildman–Crippen MR) is 159 cm³/mol. The molecule has 6 nitrogen and oxygen atoms in total. The van der Waals surface area contributed by atoms with Crippen LogP contribution in [0.25, 0.3) is 5.69 Å². The molecule has 0 fully saturated rings. The molecule has 1 atom stereocenters. The van der Waals surface area contributed by atoms with Gasteiger partial charge in [0.25, 0.3) is 0 Å². The van der Waals surface area contributed by atoms with Crippen LogP contribution in [0.15, 0.2) is 119 Å². The Morgan fingerprint density at radius 1 is 0.769 bits per heavy atom. The Hall–Kier alpha value is -4.97. The van der Waals surface area contributed by atoms with Crippen molar-refractivity contribution in [2.75, 3.05) is 10.2 Å². The van der Waals surface area contributed by atoms with Crippen LogP contribution in [0.1, 0.15) is 35.3 Å². The van der Waals surface area contributed by atoms with Crippen molar-refractivity contribution in [1.82, 2.24) is 9.78 Å². The summed E-state index contributed by atoms with van der Waals surface area (Å²) in [6.45, 7) is 4.24. The number of aliphatic imine (C=N–C) groups is 2. The number of hydrogen-bond acceptors (Lipinski definition) is 5. The number of fused-ring (bicyclic) bond motifs is 4. The van der Waals surface area contributed by atoms with E-state index in [1.165, 1.54) is 11.1 Å². The van der Waals surface area contributed by atoms with Crippen molar-refractivity contribution in [1.29, 1.82) is 0 Å². The molecule has 1 N–H and O–H groups in total. The predicted octanol–water partition coefficient (Wildman–Crippen LogP) is 7.54. The highest BCUT2D eigenvalue weighted by molar-refractivity contribution is 6.51. The highest BCUT2D eigenvalue weighted by Crippen LogP contribution is 2.48. The summed E-state index contributed by atoms with van der Waals surface area (Å²) < 4.78 is 1.96. The van der Waals surface area contributed by atoms with Crippen LogP contribution in [0.3, 0.4) is 0 Å². The van der Waals surface area contributed by atoms with Gasteiger partial charge in [-0.2, -0.15) is 5.10 Å². The second kappa shape index (κ2) is 9.40. The first kappa shape index (κ1) is 23.2. The smallest absolute Gasteiger partial charge is 0.179 e. The molecular weight excluding hydrogens is 480 g/mol. The number of aromatic nitrogens is 2. The van der Waals surface area contributed by atoms with E-state index in [2.05, 4.69) is 109 Å². The Balaban J connectivity index is 1.47. The molecule has 0 saturated heterocycles. The van der Waals surface area contributed by atoms with E-state index in [1.54, 1.807) is 0 Å². The highest BCUT2D eigenvalue weighted by atomic mass is 15.4. The lowest BCUT2D eigenvalue weighted by Gasteiger charge is -2.40. The molecule has 6 heteroatoms. The lowest BCUT2D eigenvalue weighted by atomic mass is 9.93. The fourth-order valence-electron chi connectivity index (χ4n) is 5.46. The van der Waals surface area contributed by atoms with Crippen molar-refractivity contribution in [2.24, 2.45) is 9.98 Å². The summed E-state index contributed by atoms with van der Waals surface area (Å²) in [5, 5.41) is 8.59. The molecule has 7 rings (SSSR count). The van der Waals surface area contributed by atoms with Crippen molar-refractivity contribution in [3.63, 3.8) is 0 Å². The quantitative estimate of drug-likeness (QED) is 0.273. The van der Waals surface area contributed by atoms with Gasteiger partial charge in [-0.3, -0.25) is 0 Å². The van der Waals surface area contributed by atoms with Gasteiger partial charge in [-0.05, 0) is 60.9 Å². The van der Waals surface area contributed by atoms with Crippen LogP contribution in [-0.4, -0.2) is 21.5 Å². The Bertz CT molecular complexity index is 1720. The zero-order chi connectivity index (χ0) is 26.3. The molecule has 2 aliphatic heterocycles. The van der Waals surface area contributed by atoms with E-state index in [4.69, 9.17) is 15.1 Å². The van der Waals surface area contributed by atoms with E-state index in [1.807, 2.05) is 28.9 Å². The van der Waals surface area contributed by atoms with Crippen LogP contribution in [0.2, 0.25) is 0 Å². The van der Waals surface area contributed by atoms with Crippen LogP contribution in [0.5, 0.6) is 0 Å². The van der Waals surface area contributed by atoms with Gasteiger partial charge in [0, 0.05) is 11.3 Å². The molecule has 4 aromatic carbocycles. The first-order valence-corrected chi connectivity index (χ1v) is 13.3. The van der Waals surface area contributed by atoms with Crippen LogP contribution >= 0.6 is 0 Å². The van der Waals surface area contributed by atoms with Crippen molar-refractivity contribution in [3.05, 3.63) is 132 Å². The van der Waals surface area contributed by atoms with Crippen molar-refractivity contribution < 1.29 is 0 Å². The Labute approximate surface area is 228 Å². The third-order valence-corrected chi connectivity index (χ3v) is 7.38. The number of nitrogens with one attached hydrogen (secondary N) is 1. The topological polar surface area (TPSA) is 57.8 Å². The molecule has 5 aromatic rings. The number of hydrogen-bond donors (Lipinski definition) is 1. The Morgan fingerprint density at radius 2 is 1.46 bits per heavy atom. The average Bonchev–Trinajstić information content (AvgIpc) is 3.33. The van der Waals surface area contributed by atoms with Gasteiger partial charge in [0.1, 0.15) is 0 Å². The molecule has 1 unspecified atom stereocenters. The number of aryl methyl sites for hydroxylation is 2. The number of rotatable bonds is 4. The molecule has 0 aliphatic carbocycles. The van der Waals surface area contributed by atoms with Crippen molar-refractivity contribution in [2.45, 2.75) is 26.3 Å². The second-order valence-corrected chi connectivity index (χ2v) is 9.81. The van der Waals surface area contributed by atoms with Gasteiger partial charge in [0.2, 0.25) is 0 Å². The minimum absolute atomic E-state index is 0.123. The van der Waals surface area contributed by atoms with E-state index in [-0.39, 0.29) is 6.04 Å². The third-order valence-electron chi connectivity index (χ3n) is 7.38. The fourth-order valence-corrected chi connectivity index (χ4v) is 5.46. The van der Waals surface area contributed by atoms with Crippen LogP contribution < -0.4 is 10.2 Å². The van der Waals surface area contributed by atoms with Gasteiger partial charge >= 0.3 is 0 Å². The van der Waals surface area contributed by atoms with Gasteiger partial charge in [-0.1, -0.05) is 79.7 Å². The fraction of sp³-hybridized carbons (Fsp3) is 0.121. The monoisotopic (exact) mass is 508 g/mol. The summed E-state index contributed by atoms with van der Waals surface area (Å²) >= 11 is 0. The lowest BCUT2D eigenvalue weighted by molar-refractivity contribution is 0.815. The summed E-state index contributed by atoms with van der Waals surface area (Å²) in [7, 11) is 0. The molecule has 0 radical (unpaired) electrons. The van der Waals surface area contributed by atoms with Gasteiger partial charge < -0.3 is 10.2 Å². The highest BCUT2D eigenvalue weighted by Gasteiger charge is 2.41. The maximum absolute atomic E-state index is 5.30. The molecule has 0 bridgehead atoms. The van der Waals surface area contributed by atoms with E-state index >= 15 is 0 Å². The first-order valence-electron chi connectivity index (χ1n) is 13.3. The zero-order valence-electron chi connectivity index (χ0n) is 21.9. The van der Waals surface area contributed by atoms with Gasteiger partial charge in [-0.15, -0.1) is 0 Å². The average molecular weight is 509 g/mol. The normalized spacial score (nSPS) is 15.5. The van der Waals surface area contributed by atoms with E-state index in [0.29, 0.717) is 5.84 Å². The van der Waals surface area contributed by atoms with E-state index in [9.17, 15) is 0 Å². The van der Waals surface area contributed by atoms with E-state index in [0.717, 1.165) is 52.1 Å². The van der Waals surface area contributed by atoms with Crippen molar-refractivity contribution >= 4 is 34.6 Å². The SMILES string of the molecule is CCc1ccc(NC2=Nc3ccccc3N3C2=Nc2c(c(C)nn2-c2ccccc2)C3c2ccccc2)cc1. The lowest BCUT2D eigenvalue weighted by Crippen LogP contribution is -2.46. The van der Waals surface area contributed by atoms with Gasteiger partial charge in [-0.25, -0.2) is 14.7 Å². The van der Waals surface area contributed by atoms with Gasteiger partial charge in [0.05, 0.1) is 28.8 Å². The number of amidine groups is 2. The number of anilines is 2. The Morgan fingerprint density at radius 3 is 2.21 bits per heavy atom. The van der Waals surface area contributed by atoms with Crippen LogP contribution in [0.4, 0.5) is 22.9 Å². The molecule has 39 heavy (non-hydrogen) atoms. The summed E-state index contributed by atoms with van der Waals surface area (Å²) in [6, 6.07) is 37.5. The van der Waals surface area contributed by atoms with Crippen LogP contribution in [0, 0.1) is 6.92 Å². The number of para-hydroxylation sites is 3. The van der Waals surface area contributed by atoms with Crippen molar-refractivity contribution in [3.8, 4) is 5.69 Å². The number of benzene rings is 4. The molecule has 0 saturated carbocycles. The Kier molecular flexibility index (Phi) is 5.59. The minimum Gasteiger partial charge on any atom is -0.337 e. The molecule has 1 aromatic heterocycles. The largest absolute Gasteiger partial charge is 0.337 e. The standard InChI is InChI=1S/C33H28N6/c1-3-23-18-20-25(21-19-23)34-31-33-36-32-29(22(2)37-39(32)26-14-8-5-9-15-26)30(24-12-6-4-7-13-24)38(33)28-17-11-10-16-27(28)35-31/h4-21,30H,3H2,1-2H3,(H,34,35). The molecule has 2 aliphatic rings. The number of nitrogens with zero attached hydrogens (tertiary/aromatic N) is 5. The third kappa shape index (κ3) is 3.92. The van der Waals surface area contributed by atoms with Crippen LogP contribution in [-0.2, 0) is 6.42 Å². The first-order chi connectivity index (χ1) is 19.2. The maximum Gasteiger partial charge on any atom is 0.179 e. The van der Waals surface area contributed by atoms with Gasteiger partial charge in [0.15, 0.2) is 17.5 Å². The summed E-state index contributed by atoms with van der Waals surface area (Å²) in [6.07, 6.45) is 0.999.